The van der Waals surface area contributed by atoms with Gasteiger partial charge in [0.1, 0.15) is 0 Å². The van der Waals surface area contributed by atoms with Crippen molar-refractivity contribution < 1.29 is 4.79 Å². The van der Waals surface area contributed by atoms with Gasteiger partial charge in [0.25, 0.3) is 0 Å². The van der Waals surface area contributed by atoms with Gasteiger partial charge in [0.2, 0.25) is 5.91 Å². The molecule has 128 valence electrons. The van der Waals surface area contributed by atoms with E-state index in [2.05, 4.69) is 37.9 Å². The summed E-state index contributed by atoms with van der Waals surface area (Å²) in [6.45, 7) is 9.57. The number of nitrogens with two attached hydrogens (primary N) is 1. The molecule has 2 atom stereocenters. The summed E-state index contributed by atoms with van der Waals surface area (Å²) >= 11 is 0. The Morgan fingerprint density at radius 2 is 2.13 bits per heavy atom. The van der Waals surface area contributed by atoms with E-state index in [4.69, 9.17) is 5.73 Å². The van der Waals surface area contributed by atoms with Crippen LogP contribution in [0.2, 0.25) is 0 Å². The van der Waals surface area contributed by atoms with Crippen LogP contribution in [0.4, 0.5) is 11.4 Å². The molecule has 0 aromatic heterocycles. The van der Waals surface area contributed by atoms with Crippen LogP contribution in [-0.2, 0) is 11.2 Å². The highest BCUT2D eigenvalue weighted by molar-refractivity contribution is 5.95. The first-order valence-electron chi connectivity index (χ1n) is 8.89. The van der Waals surface area contributed by atoms with Crippen LogP contribution in [0.3, 0.4) is 0 Å². The minimum Gasteiger partial charge on any atom is -0.398 e. The number of amides is 1. The molecular formula is C19H31N3O. The fraction of sp³-hybridized carbons (Fsp3) is 0.632. The largest absolute Gasteiger partial charge is 0.398 e. The van der Waals surface area contributed by atoms with Gasteiger partial charge in [0, 0.05) is 17.4 Å². The Bertz CT molecular complexity index is 541. The second-order valence-corrected chi connectivity index (χ2v) is 7.03. The molecule has 0 spiro atoms. The number of hydrogen-bond acceptors (Lipinski definition) is 3. The van der Waals surface area contributed by atoms with Gasteiger partial charge in [-0.25, -0.2) is 0 Å². The van der Waals surface area contributed by atoms with Crippen LogP contribution in [-0.4, -0.2) is 29.4 Å². The molecular weight excluding hydrogens is 286 g/mol. The smallest absolute Gasteiger partial charge is 0.242 e. The van der Waals surface area contributed by atoms with Gasteiger partial charge in [0.15, 0.2) is 0 Å². The quantitative estimate of drug-likeness (QED) is 0.815. The number of nitrogens with zero attached hydrogens (tertiary/aromatic N) is 1. The summed E-state index contributed by atoms with van der Waals surface area (Å²) in [4.78, 5) is 15.2. The predicted octanol–water partition coefficient (Wildman–Crippen LogP) is 3.67. The van der Waals surface area contributed by atoms with Crippen molar-refractivity contribution in [2.75, 3.05) is 17.6 Å². The summed E-state index contributed by atoms with van der Waals surface area (Å²) in [7, 11) is 0. The maximum atomic E-state index is 12.9. The third-order valence-electron chi connectivity index (χ3n) is 4.91. The number of carbonyl (C=O) groups is 1. The second-order valence-electron chi connectivity index (χ2n) is 7.03. The highest BCUT2D eigenvalue weighted by Gasteiger charge is 2.33. The predicted molar refractivity (Wildman–Crippen MR) is 97.5 cm³/mol. The second kappa shape index (κ2) is 7.82. The molecule has 0 bridgehead atoms. The molecule has 1 saturated heterocycles. The standard InChI is InChI=1S/C19H31N3O/c1-5-15-9-10-16(12-17(15)20)21-19(23)18(13(2)3)22-11-7-6-8-14(22)4/h9-10,12-14,18H,5-8,11,20H2,1-4H3,(H,21,23). The van der Waals surface area contributed by atoms with Crippen LogP contribution >= 0.6 is 0 Å². The highest BCUT2D eigenvalue weighted by Crippen LogP contribution is 2.25. The Morgan fingerprint density at radius 1 is 1.39 bits per heavy atom. The van der Waals surface area contributed by atoms with Gasteiger partial charge in [-0.2, -0.15) is 0 Å². The van der Waals surface area contributed by atoms with Crippen molar-refractivity contribution in [3.05, 3.63) is 23.8 Å². The van der Waals surface area contributed by atoms with Gasteiger partial charge in [-0.1, -0.05) is 33.3 Å². The average molecular weight is 317 g/mol. The van der Waals surface area contributed by atoms with Crippen molar-refractivity contribution in [1.29, 1.82) is 0 Å². The van der Waals surface area contributed by atoms with Crippen LogP contribution in [0, 0.1) is 5.92 Å². The Morgan fingerprint density at radius 3 is 2.70 bits per heavy atom. The van der Waals surface area contributed by atoms with E-state index in [9.17, 15) is 4.79 Å². The molecule has 1 aliphatic heterocycles. The zero-order valence-electron chi connectivity index (χ0n) is 14.9. The van der Waals surface area contributed by atoms with Crippen molar-refractivity contribution in [2.24, 2.45) is 5.92 Å². The Labute approximate surface area is 140 Å². The van der Waals surface area contributed by atoms with Crippen LogP contribution in [0.5, 0.6) is 0 Å². The fourth-order valence-corrected chi connectivity index (χ4v) is 3.58. The minimum absolute atomic E-state index is 0.0809. The number of rotatable bonds is 5. The maximum Gasteiger partial charge on any atom is 0.242 e. The zero-order valence-corrected chi connectivity index (χ0v) is 14.9. The molecule has 1 fully saturated rings. The molecule has 1 aliphatic rings. The van der Waals surface area contributed by atoms with Crippen molar-refractivity contribution in [3.63, 3.8) is 0 Å². The summed E-state index contributed by atoms with van der Waals surface area (Å²) in [6.07, 6.45) is 4.52. The van der Waals surface area contributed by atoms with Crippen molar-refractivity contribution in [3.8, 4) is 0 Å². The summed E-state index contributed by atoms with van der Waals surface area (Å²) < 4.78 is 0. The van der Waals surface area contributed by atoms with E-state index in [1.807, 2.05) is 18.2 Å². The van der Waals surface area contributed by atoms with Crippen molar-refractivity contribution in [2.45, 2.75) is 65.5 Å². The minimum atomic E-state index is -0.0858. The van der Waals surface area contributed by atoms with Crippen LogP contribution in [0.1, 0.15) is 52.5 Å². The molecule has 3 N–H and O–H groups in total. The number of hydrogen-bond donors (Lipinski definition) is 2. The van der Waals surface area contributed by atoms with Gasteiger partial charge in [-0.15, -0.1) is 0 Å². The molecule has 4 nitrogen and oxygen atoms in total. The number of piperidine rings is 1. The van der Waals surface area contributed by atoms with Crippen LogP contribution < -0.4 is 11.1 Å². The van der Waals surface area contributed by atoms with E-state index in [1.165, 1.54) is 19.3 Å². The summed E-state index contributed by atoms with van der Waals surface area (Å²) in [5.41, 5.74) is 8.70. The SMILES string of the molecule is CCc1ccc(NC(=O)C(C(C)C)N2CCCCC2C)cc1N. The lowest BCUT2D eigenvalue weighted by Crippen LogP contribution is -2.52. The third-order valence-corrected chi connectivity index (χ3v) is 4.91. The summed E-state index contributed by atoms with van der Waals surface area (Å²) in [5.74, 6) is 0.361. The van der Waals surface area contributed by atoms with Crippen molar-refractivity contribution >= 4 is 17.3 Å². The first-order chi connectivity index (χ1) is 10.9. The molecule has 2 rings (SSSR count). The molecule has 4 heteroatoms. The number of carbonyl (C=O) groups excluding carboxylic acids is 1. The van der Waals surface area contributed by atoms with E-state index < -0.39 is 0 Å². The lowest BCUT2D eigenvalue weighted by molar-refractivity contribution is -0.124. The number of aryl methyl sites for hydroxylation is 1. The molecule has 0 saturated carbocycles. The maximum absolute atomic E-state index is 12.9. The van der Waals surface area contributed by atoms with Crippen LogP contribution in [0.15, 0.2) is 18.2 Å². The van der Waals surface area contributed by atoms with Crippen LogP contribution in [0.25, 0.3) is 0 Å². The van der Waals surface area contributed by atoms with E-state index in [-0.39, 0.29) is 17.9 Å². The molecule has 1 heterocycles. The first kappa shape index (κ1) is 17.8. The number of benzene rings is 1. The molecule has 2 unspecified atom stereocenters. The topological polar surface area (TPSA) is 58.4 Å². The zero-order chi connectivity index (χ0) is 17.0. The molecule has 1 aromatic rings. The van der Waals surface area contributed by atoms with Gasteiger partial charge in [-0.3, -0.25) is 9.69 Å². The molecule has 23 heavy (non-hydrogen) atoms. The summed E-state index contributed by atoms with van der Waals surface area (Å²) in [6, 6.07) is 6.20. The van der Waals surface area contributed by atoms with Gasteiger partial charge >= 0.3 is 0 Å². The number of nitrogens with one attached hydrogen (secondary N) is 1. The van der Waals surface area contributed by atoms with Gasteiger partial charge in [-0.05, 0) is 56.3 Å². The molecule has 1 aromatic carbocycles. The lowest BCUT2D eigenvalue weighted by Gasteiger charge is -2.40. The monoisotopic (exact) mass is 317 g/mol. The number of nitrogen functional groups attached to an aromatic ring is 1. The van der Waals surface area contributed by atoms with E-state index >= 15 is 0 Å². The Kier molecular flexibility index (Phi) is 6.05. The molecule has 1 amide bonds. The van der Waals surface area contributed by atoms with E-state index in [1.54, 1.807) is 0 Å². The number of likely N-dealkylation sites (tertiary alicyclic amines) is 1. The Balaban J connectivity index is 2.13. The highest BCUT2D eigenvalue weighted by atomic mass is 16.2. The average Bonchev–Trinajstić information content (AvgIpc) is 2.49. The van der Waals surface area contributed by atoms with Gasteiger partial charge in [0.05, 0.1) is 6.04 Å². The summed E-state index contributed by atoms with van der Waals surface area (Å²) in [5, 5.41) is 3.07. The number of anilines is 2. The van der Waals surface area contributed by atoms with E-state index in [0.29, 0.717) is 6.04 Å². The molecule has 0 radical (unpaired) electrons. The Hall–Kier alpha value is -1.55. The van der Waals surface area contributed by atoms with Crippen molar-refractivity contribution in [1.82, 2.24) is 4.90 Å². The van der Waals surface area contributed by atoms with E-state index in [0.717, 1.165) is 29.9 Å². The lowest BCUT2D eigenvalue weighted by atomic mass is 9.94. The third kappa shape index (κ3) is 4.25. The first-order valence-corrected chi connectivity index (χ1v) is 8.89. The normalized spacial score (nSPS) is 20.5. The van der Waals surface area contributed by atoms with Gasteiger partial charge < -0.3 is 11.1 Å². The molecule has 0 aliphatic carbocycles. The fourth-order valence-electron chi connectivity index (χ4n) is 3.58.